The number of benzene rings is 5. The molecule has 0 radical (unpaired) electrons. The van der Waals surface area contributed by atoms with Crippen molar-refractivity contribution >= 4 is 50.6 Å². The SMILES string of the molecule is Clc1cc(-c2ccccc2)c2c(c1)oc1ccc(N(c3ccccc3)c3ccccc3)cc12. The summed E-state index contributed by atoms with van der Waals surface area (Å²) in [7, 11) is 0. The second kappa shape index (κ2) is 8.16. The minimum Gasteiger partial charge on any atom is -0.456 e. The highest BCUT2D eigenvalue weighted by molar-refractivity contribution is 6.32. The summed E-state index contributed by atoms with van der Waals surface area (Å²) in [6.07, 6.45) is 0. The van der Waals surface area contributed by atoms with E-state index >= 15 is 0 Å². The van der Waals surface area contributed by atoms with Crippen LogP contribution in [0.2, 0.25) is 5.02 Å². The number of fused-ring (bicyclic) bond motifs is 3. The first kappa shape index (κ1) is 19.7. The fourth-order valence-corrected chi connectivity index (χ4v) is 4.65. The second-order valence-electron chi connectivity index (χ2n) is 7.98. The summed E-state index contributed by atoms with van der Waals surface area (Å²) in [4.78, 5) is 2.26. The van der Waals surface area contributed by atoms with Gasteiger partial charge in [-0.15, -0.1) is 0 Å². The number of furan rings is 1. The van der Waals surface area contributed by atoms with Crippen LogP contribution in [-0.2, 0) is 0 Å². The third-order valence-electron chi connectivity index (χ3n) is 5.89. The Morgan fingerprint density at radius 3 is 1.79 bits per heavy atom. The summed E-state index contributed by atoms with van der Waals surface area (Å²) in [6.45, 7) is 0. The van der Waals surface area contributed by atoms with Crippen LogP contribution in [-0.4, -0.2) is 0 Å². The molecule has 0 spiro atoms. The molecule has 0 bridgehead atoms. The summed E-state index contributed by atoms with van der Waals surface area (Å²) in [6, 6.07) is 41.4. The van der Waals surface area contributed by atoms with Gasteiger partial charge in [0.1, 0.15) is 11.2 Å². The lowest BCUT2D eigenvalue weighted by atomic mass is 9.99. The van der Waals surface area contributed by atoms with Crippen LogP contribution in [0.3, 0.4) is 0 Å². The average Bonchev–Trinajstić information content (AvgIpc) is 3.23. The van der Waals surface area contributed by atoms with Crippen LogP contribution in [0.5, 0.6) is 0 Å². The molecular weight excluding hydrogens is 426 g/mol. The first-order chi connectivity index (χ1) is 16.3. The lowest BCUT2D eigenvalue weighted by Crippen LogP contribution is -2.09. The van der Waals surface area contributed by atoms with Gasteiger partial charge in [0.25, 0.3) is 0 Å². The smallest absolute Gasteiger partial charge is 0.137 e. The van der Waals surface area contributed by atoms with E-state index in [0.29, 0.717) is 5.02 Å². The number of rotatable bonds is 4. The molecular formula is C30H20ClNO. The minimum atomic E-state index is 0.663. The summed E-state index contributed by atoms with van der Waals surface area (Å²) in [5.41, 5.74) is 7.08. The van der Waals surface area contributed by atoms with Crippen molar-refractivity contribution in [3.05, 3.63) is 126 Å². The molecule has 1 aromatic heterocycles. The predicted octanol–water partition coefficient (Wildman–Crippen LogP) is 9.38. The molecule has 0 atom stereocenters. The Labute approximate surface area is 197 Å². The Morgan fingerprint density at radius 1 is 0.545 bits per heavy atom. The molecule has 0 fully saturated rings. The zero-order chi connectivity index (χ0) is 22.2. The molecule has 0 aliphatic rings. The van der Waals surface area contributed by atoms with Crippen molar-refractivity contribution in [2.75, 3.05) is 4.90 Å². The number of anilines is 3. The molecule has 1 heterocycles. The third kappa shape index (κ3) is 3.55. The zero-order valence-corrected chi connectivity index (χ0v) is 18.5. The number of halogens is 1. The van der Waals surface area contributed by atoms with Crippen LogP contribution in [0.4, 0.5) is 17.1 Å². The van der Waals surface area contributed by atoms with Crippen LogP contribution >= 0.6 is 11.6 Å². The van der Waals surface area contributed by atoms with Crippen LogP contribution in [0, 0.1) is 0 Å². The molecule has 0 amide bonds. The molecule has 6 aromatic rings. The van der Waals surface area contributed by atoms with E-state index in [-0.39, 0.29) is 0 Å². The van der Waals surface area contributed by atoms with Gasteiger partial charge in [-0.3, -0.25) is 0 Å². The maximum atomic E-state index is 6.47. The van der Waals surface area contributed by atoms with E-state index in [2.05, 4.69) is 77.7 Å². The van der Waals surface area contributed by atoms with Crippen molar-refractivity contribution < 1.29 is 4.42 Å². The first-order valence-electron chi connectivity index (χ1n) is 10.9. The molecule has 6 rings (SSSR count). The van der Waals surface area contributed by atoms with Gasteiger partial charge < -0.3 is 9.32 Å². The standard InChI is InChI=1S/C30H20ClNO/c31-22-18-26(21-10-4-1-5-11-21)30-27-20-25(16-17-28(27)33-29(30)19-22)32(23-12-6-2-7-13-23)24-14-8-3-9-15-24/h1-20H. The lowest BCUT2D eigenvalue weighted by Gasteiger charge is -2.25. The largest absolute Gasteiger partial charge is 0.456 e. The second-order valence-corrected chi connectivity index (χ2v) is 8.42. The van der Waals surface area contributed by atoms with Gasteiger partial charge in [-0.25, -0.2) is 0 Å². The van der Waals surface area contributed by atoms with E-state index < -0.39 is 0 Å². The highest BCUT2D eigenvalue weighted by Gasteiger charge is 2.17. The van der Waals surface area contributed by atoms with Gasteiger partial charge in [-0.1, -0.05) is 78.3 Å². The van der Waals surface area contributed by atoms with Gasteiger partial charge in [-0.2, -0.15) is 0 Å². The van der Waals surface area contributed by atoms with Gasteiger partial charge in [0.15, 0.2) is 0 Å². The molecule has 5 aromatic carbocycles. The lowest BCUT2D eigenvalue weighted by molar-refractivity contribution is 0.669. The predicted molar refractivity (Wildman–Crippen MR) is 139 cm³/mol. The molecule has 0 N–H and O–H groups in total. The van der Waals surface area contributed by atoms with Gasteiger partial charge >= 0.3 is 0 Å². The summed E-state index contributed by atoms with van der Waals surface area (Å²) in [5.74, 6) is 0. The Morgan fingerprint density at radius 2 is 1.15 bits per heavy atom. The van der Waals surface area contributed by atoms with E-state index in [0.717, 1.165) is 50.1 Å². The van der Waals surface area contributed by atoms with Gasteiger partial charge in [0.2, 0.25) is 0 Å². The summed E-state index contributed by atoms with van der Waals surface area (Å²) >= 11 is 6.47. The van der Waals surface area contributed by atoms with Crippen molar-refractivity contribution in [2.24, 2.45) is 0 Å². The summed E-state index contributed by atoms with van der Waals surface area (Å²) in [5, 5.41) is 2.80. The Balaban J connectivity index is 1.62. The Kier molecular flexibility index (Phi) is 4.86. The van der Waals surface area contributed by atoms with Crippen molar-refractivity contribution in [2.45, 2.75) is 0 Å². The highest BCUT2D eigenvalue weighted by Crippen LogP contribution is 2.42. The fraction of sp³-hybridized carbons (Fsp3) is 0. The van der Waals surface area contributed by atoms with Crippen LogP contribution in [0.1, 0.15) is 0 Å². The number of para-hydroxylation sites is 2. The fourth-order valence-electron chi connectivity index (χ4n) is 4.45. The van der Waals surface area contributed by atoms with Crippen LogP contribution in [0.15, 0.2) is 126 Å². The minimum absolute atomic E-state index is 0.663. The molecule has 2 nitrogen and oxygen atoms in total. The maximum absolute atomic E-state index is 6.47. The monoisotopic (exact) mass is 445 g/mol. The van der Waals surface area contributed by atoms with Crippen molar-refractivity contribution in [1.82, 2.24) is 0 Å². The highest BCUT2D eigenvalue weighted by atomic mass is 35.5. The molecule has 33 heavy (non-hydrogen) atoms. The van der Waals surface area contributed by atoms with E-state index in [4.69, 9.17) is 16.0 Å². The Bertz CT molecular complexity index is 1520. The number of nitrogens with zero attached hydrogens (tertiary/aromatic N) is 1. The topological polar surface area (TPSA) is 16.4 Å². The summed E-state index contributed by atoms with van der Waals surface area (Å²) < 4.78 is 6.24. The molecule has 0 aliphatic heterocycles. The molecule has 3 heteroatoms. The van der Waals surface area contributed by atoms with Crippen molar-refractivity contribution in [3.63, 3.8) is 0 Å². The van der Waals surface area contributed by atoms with Gasteiger partial charge in [0, 0.05) is 38.9 Å². The Hall–Kier alpha value is -4.01. The maximum Gasteiger partial charge on any atom is 0.137 e. The van der Waals surface area contributed by atoms with Gasteiger partial charge in [-0.05, 0) is 59.7 Å². The molecule has 0 saturated heterocycles. The molecule has 158 valence electrons. The number of hydrogen-bond acceptors (Lipinski definition) is 2. The van der Waals surface area contributed by atoms with E-state index in [1.165, 1.54) is 0 Å². The zero-order valence-electron chi connectivity index (χ0n) is 17.8. The van der Waals surface area contributed by atoms with E-state index in [1.54, 1.807) is 0 Å². The number of hydrogen-bond donors (Lipinski definition) is 0. The quantitative estimate of drug-likeness (QED) is 0.268. The van der Waals surface area contributed by atoms with E-state index in [1.807, 2.05) is 48.5 Å². The molecule has 0 unspecified atom stereocenters. The van der Waals surface area contributed by atoms with E-state index in [9.17, 15) is 0 Å². The third-order valence-corrected chi connectivity index (χ3v) is 6.11. The molecule has 0 saturated carbocycles. The van der Waals surface area contributed by atoms with Crippen molar-refractivity contribution in [3.8, 4) is 11.1 Å². The van der Waals surface area contributed by atoms with Gasteiger partial charge in [0.05, 0.1) is 0 Å². The van der Waals surface area contributed by atoms with Crippen LogP contribution < -0.4 is 4.90 Å². The first-order valence-corrected chi connectivity index (χ1v) is 11.3. The average molecular weight is 446 g/mol. The van der Waals surface area contributed by atoms with Crippen LogP contribution in [0.25, 0.3) is 33.1 Å². The normalized spacial score (nSPS) is 11.2. The van der Waals surface area contributed by atoms with Crippen molar-refractivity contribution in [1.29, 1.82) is 0 Å². The molecule has 0 aliphatic carbocycles.